The van der Waals surface area contributed by atoms with Gasteiger partial charge in [0.1, 0.15) is 0 Å². The van der Waals surface area contributed by atoms with Crippen LogP contribution in [0.5, 0.6) is 0 Å². The third-order valence-electron chi connectivity index (χ3n) is 1.50. The molecule has 0 N–H and O–H groups in total. The molecule has 0 unspecified atom stereocenters. The van der Waals surface area contributed by atoms with E-state index in [0.717, 1.165) is 0 Å². The van der Waals surface area contributed by atoms with E-state index in [1.54, 1.807) is 0 Å². The third-order valence-corrected chi connectivity index (χ3v) is 6.18. The summed E-state index contributed by atoms with van der Waals surface area (Å²) in [6, 6.07) is 0. The Kier molecular flexibility index (Phi) is 5.36. The van der Waals surface area contributed by atoms with Gasteiger partial charge in [-0.25, -0.2) is 0 Å². The molecule has 0 saturated carbocycles. The Labute approximate surface area is 54.6 Å². The van der Waals surface area contributed by atoms with E-state index >= 15 is 0 Å². The predicted molar refractivity (Wildman–Crippen MR) is 32.6 cm³/mol. The van der Waals surface area contributed by atoms with Gasteiger partial charge in [-0.15, -0.1) is 0 Å². The fourth-order valence-electron chi connectivity index (χ4n) is 0.750. The first-order valence-corrected chi connectivity index (χ1v) is 6.49. The molecule has 0 aromatic carbocycles. The Balaban J connectivity index is 0. The smallest absolute Gasteiger partial charge is 1.00 e. The maximum absolute atomic E-state index is 2.34. The van der Waals surface area contributed by atoms with Crippen LogP contribution < -0.4 is 0 Å². The Hall–Kier alpha value is 0.714. The normalized spacial score (nSPS) is 9.00. The summed E-state index contributed by atoms with van der Waals surface area (Å²) in [5, 5.41) is 0. The zero-order valence-electron chi connectivity index (χ0n) is 6.62. The maximum atomic E-state index is 2.34. The molecule has 0 radical (unpaired) electrons. The molecule has 0 aliphatic rings. The second-order valence-corrected chi connectivity index (χ2v) is 7.47. The Morgan fingerprint density at radius 2 is 1.29 bits per heavy atom. The van der Waals surface area contributed by atoms with Crippen LogP contribution in [0.4, 0.5) is 0 Å². The Morgan fingerprint density at radius 1 is 1.00 bits per heavy atom. The molecule has 0 aliphatic carbocycles. The van der Waals surface area contributed by atoms with Crippen molar-refractivity contribution in [2.45, 2.75) is 34.9 Å². The van der Waals surface area contributed by atoms with Gasteiger partial charge < -0.3 is 1.43 Å². The van der Waals surface area contributed by atoms with Crippen LogP contribution in [-0.4, -0.2) is 0 Å². The van der Waals surface area contributed by atoms with Gasteiger partial charge >= 0.3 is 52.8 Å². The maximum Gasteiger partial charge on any atom is -1.00 e. The second-order valence-electron chi connectivity index (χ2n) is 1.81. The SMILES string of the molecule is C[CH2][Ti]([CH2]C)[CH2]C.[H-]. The average Bonchev–Trinajstić information content (AvgIpc) is 1.72. The van der Waals surface area contributed by atoms with Gasteiger partial charge in [0.25, 0.3) is 0 Å². The zero-order valence-corrected chi connectivity index (χ0v) is 7.18. The van der Waals surface area contributed by atoms with Crippen molar-refractivity contribution in [2.24, 2.45) is 0 Å². The van der Waals surface area contributed by atoms with Crippen molar-refractivity contribution in [1.29, 1.82) is 0 Å². The molecule has 0 spiro atoms. The van der Waals surface area contributed by atoms with Gasteiger partial charge in [-0.2, -0.15) is 0 Å². The number of hydrogen-bond acceptors (Lipinski definition) is 0. The molecule has 0 nitrogen and oxygen atoms in total. The first kappa shape index (κ1) is 7.71. The van der Waals surface area contributed by atoms with Gasteiger partial charge in [-0.05, 0) is 0 Å². The molecule has 0 aromatic heterocycles. The topological polar surface area (TPSA) is 0 Å². The van der Waals surface area contributed by atoms with Crippen molar-refractivity contribution in [3.05, 3.63) is 0 Å². The van der Waals surface area contributed by atoms with Gasteiger partial charge in [0.05, 0.1) is 0 Å². The number of rotatable bonds is 3. The van der Waals surface area contributed by atoms with E-state index in [1.165, 1.54) is 14.2 Å². The monoisotopic (exact) mass is 136 g/mol. The zero-order chi connectivity index (χ0) is 5.70. The van der Waals surface area contributed by atoms with Gasteiger partial charge in [0.15, 0.2) is 0 Å². The fourth-order valence-corrected chi connectivity index (χ4v) is 3.09. The molecule has 0 rings (SSSR count). The van der Waals surface area contributed by atoms with Crippen LogP contribution in [0, 0.1) is 0 Å². The summed E-state index contributed by atoms with van der Waals surface area (Å²) in [6.45, 7) is 7.01. The Bertz CT molecular complexity index is 30.0. The summed E-state index contributed by atoms with van der Waals surface area (Å²) in [6.07, 6.45) is 0. The molecule has 0 amide bonds. The van der Waals surface area contributed by atoms with E-state index in [1.807, 2.05) is 0 Å². The van der Waals surface area contributed by atoms with E-state index in [0.29, 0.717) is 0 Å². The molecule has 0 aromatic rings. The van der Waals surface area contributed by atoms with Gasteiger partial charge in [-0.3, -0.25) is 0 Å². The summed E-state index contributed by atoms with van der Waals surface area (Å²) in [5.41, 5.74) is 0. The molecule has 0 heterocycles. The molecule has 0 aliphatic heterocycles. The van der Waals surface area contributed by atoms with Gasteiger partial charge in [0, 0.05) is 0 Å². The van der Waals surface area contributed by atoms with Crippen LogP contribution >= 0.6 is 0 Å². The standard InChI is InChI=1S/3C2H5.Ti.H/c3*1-2;;/h3*1H2,2H3;;/q;;;;-1. The Morgan fingerprint density at radius 3 is 1.29 bits per heavy atom. The van der Waals surface area contributed by atoms with E-state index in [9.17, 15) is 0 Å². The van der Waals surface area contributed by atoms with Gasteiger partial charge in [0.2, 0.25) is 0 Å². The van der Waals surface area contributed by atoms with E-state index < -0.39 is 17.9 Å². The average molecular weight is 136 g/mol. The first-order valence-electron chi connectivity index (χ1n) is 3.18. The van der Waals surface area contributed by atoms with Crippen LogP contribution in [0.2, 0.25) is 14.2 Å². The molecular formula is C6H16Ti-. The quantitative estimate of drug-likeness (QED) is 0.523. The van der Waals surface area contributed by atoms with Crippen LogP contribution in [0.3, 0.4) is 0 Å². The summed E-state index contributed by atoms with van der Waals surface area (Å²) in [4.78, 5) is 0. The van der Waals surface area contributed by atoms with Crippen LogP contribution in [0.1, 0.15) is 22.2 Å². The second kappa shape index (κ2) is 4.86. The molecule has 0 atom stereocenters. The number of hydrogen-bond donors (Lipinski definition) is 0. The van der Waals surface area contributed by atoms with Crippen LogP contribution in [0.15, 0.2) is 0 Å². The van der Waals surface area contributed by atoms with Crippen LogP contribution in [-0.2, 0) is 17.9 Å². The van der Waals surface area contributed by atoms with E-state index in [-0.39, 0.29) is 1.43 Å². The summed E-state index contributed by atoms with van der Waals surface area (Å²) < 4.78 is 4.56. The summed E-state index contributed by atoms with van der Waals surface area (Å²) in [5.74, 6) is 0. The minimum atomic E-state index is -0.403. The van der Waals surface area contributed by atoms with Crippen molar-refractivity contribution < 1.29 is 19.3 Å². The third kappa shape index (κ3) is 3.31. The van der Waals surface area contributed by atoms with Crippen molar-refractivity contribution in [3.8, 4) is 0 Å². The predicted octanol–water partition coefficient (Wildman–Crippen LogP) is 3.03. The summed E-state index contributed by atoms with van der Waals surface area (Å²) in [7, 11) is 0. The molecule has 1 heteroatoms. The first-order chi connectivity index (χ1) is 3.35. The minimum Gasteiger partial charge on any atom is -1.00 e. The molecule has 0 bridgehead atoms. The molecule has 0 saturated heterocycles. The van der Waals surface area contributed by atoms with Crippen LogP contribution in [0.25, 0.3) is 0 Å². The molecule has 7 heavy (non-hydrogen) atoms. The van der Waals surface area contributed by atoms with Crippen molar-refractivity contribution in [2.75, 3.05) is 0 Å². The molecule has 45 valence electrons. The van der Waals surface area contributed by atoms with Crippen molar-refractivity contribution >= 4 is 0 Å². The van der Waals surface area contributed by atoms with Crippen molar-refractivity contribution in [3.63, 3.8) is 0 Å². The van der Waals surface area contributed by atoms with E-state index in [2.05, 4.69) is 20.8 Å². The van der Waals surface area contributed by atoms with Gasteiger partial charge in [-0.1, -0.05) is 0 Å². The summed E-state index contributed by atoms with van der Waals surface area (Å²) >= 11 is -0.403. The molecule has 0 fully saturated rings. The fraction of sp³-hybridized carbons (Fsp3) is 1.00. The largest absolute Gasteiger partial charge is 1.00 e. The van der Waals surface area contributed by atoms with E-state index in [4.69, 9.17) is 0 Å². The minimum absolute atomic E-state index is 0. The van der Waals surface area contributed by atoms with Crippen molar-refractivity contribution in [1.82, 2.24) is 0 Å². The molecular weight excluding hydrogens is 120 g/mol.